The quantitative estimate of drug-likeness (QED) is 0.760. The molecule has 19 heavy (non-hydrogen) atoms. The molecule has 0 aliphatic carbocycles. The number of hydrogen-bond acceptors (Lipinski definition) is 5. The van der Waals surface area contributed by atoms with E-state index in [1.165, 1.54) is 0 Å². The van der Waals surface area contributed by atoms with E-state index in [0.717, 1.165) is 5.56 Å². The second-order valence-corrected chi connectivity index (χ2v) is 4.14. The lowest BCUT2D eigenvalue weighted by molar-refractivity contribution is 0.431. The second-order valence-electron chi connectivity index (χ2n) is 4.14. The lowest BCUT2D eigenvalue weighted by atomic mass is 10.2. The molecule has 0 saturated carbocycles. The van der Waals surface area contributed by atoms with Gasteiger partial charge in [-0.3, -0.25) is 4.98 Å². The van der Waals surface area contributed by atoms with Gasteiger partial charge in [0.05, 0.1) is 0 Å². The number of aromatic hydroxyl groups is 1. The summed E-state index contributed by atoms with van der Waals surface area (Å²) >= 11 is 0. The predicted molar refractivity (Wildman–Crippen MR) is 69.4 cm³/mol. The second kappa shape index (κ2) is 4.53. The smallest absolute Gasteiger partial charge is 0.258 e. The van der Waals surface area contributed by atoms with Crippen molar-refractivity contribution < 1.29 is 9.63 Å². The van der Waals surface area contributed by atoms with E-state index >= 15 is 0 Å². The van der Waals surface area contributed by atoms with Gasteiger partial charge in [0.2, 0.25) is 5.82 Å². The maximum absolute atomic E-state index is 9.44. The summed E-state index contributed by atoms with van der Waals surface area (Å²) in [5, 5.41) is 13.4. The summed E-state index contributed by atoms with van der Waals surface area (Å²) in [6.45, 7) is 1.94. The van der Waals surface area contributed by atoms with Crippen molar-refractivity contribution in [2.75, 3.05) is 0 Å². The van der Waals surface area contributed by atoms with Crippen LogP contribution in [-0.2, 0) is 0 Å². The molecule has 5 nitrogen and oxygen atoms in total. The molecule has 0 unspecified atom stereocenters. The van der Waals surface area contributed by atoms with E-state index < -0.39 is 0 Å². The van der Waals surface area contributed by atoms with Crippen molar-refractivity contribution in [2.45, 2.75) is 6.92 Å². The average molecular weight is 253 g/mol. The fourth-order valence-electron chi connectivity index (χ4n) is 1.80. The van der Waals surface area contributed by atoms with Crippen molar-refractivity contribution in [3.63, 3.8) is 0 Å². The van der Waals surface area contributed by atoms with E-state index in [4.69, 9.17) is 4.52 Å². The van der Waals surface area contributed by atoms with E-state index in [0.29, 0.717) is 23.0 Å². The van der Waals surface area contributed by atoms with Gasteiger partial charge in [0.1, 0.15) is 11.4 Å². The number of rotatable bonds is 2. The van der Waals surface area contributed by atoms with Crippen molar-refractivity contribution in [2.24, 2.45) is 0 Å². The molecule has 94 valence electrons. The minimum atomic E-state index is 0.159. The molecule has 3 aromatic rings. The number of phenolic OH excluding ortho intramolecular Hbond substituents is 1. The third-order valence-electron chi connectivity index (χ3n) is 2.74. The molecule has 1 aromatic carbocycles. The number of hydrogen-bond donors (Lipinski definition) is 1. The van der Waals surface area contributed by atoms with Gasteiger partial charge in [-0.05, 0) is 36.8 Å². The van der Waals surface area contributed by atoms with Crippen molar-refractivity contribution >= 4 is 0 Å². The topological polar surface area (TPSA) is 72.0 Å². The Labute approximate surface area is 109 Å². The fraction of sp³-hybridized carbons (Fsp3) is 0.0714. The van der Waals surface area contributed by atoms with Crippen molar-refractivity contribution in [3.05, 3.63) is 48.2 Å². The number of aryl methyl sites for hydroxylation is 1. The molecule has 0 amide bonds. The zero-order valence-electron chi connectivity index (χ0n) is 10.2. The first kappa shape index (κ1) is 11.4. The minimum Gasteiger partial charge on any atom is -0.508 e. The van der Waals surface area contributed by atoms with Crippen LogP contribution >= 0.6 is 0 Å². The number of aromatic nitrogens is 3. The highest BCUT2D eigenvalue weighted by molar-refractivity contribution is 5.60. The molecule has 0 bridgehead atoms. The molecular formula is C14H11N3O2. The van der Waals surface area contributed by atoms with E-state index in [1.807, 2.05) is 19.1 Å². The van der Waals surface area contributed by atoms with Crippen molar-refractivity contribution in [1.29, 1.82) is 0 Å². The van der Waals surface area contributed by atoms with E-state index in [9.17, 15) is 5.11 Å². The Morgan fingerprint density at radius 2 is 2.05 bits per heavy atom. The van der Waals surface area contributed by atoms with E-state index in [-0.39, 0.29) is 5.75 Å². The Bertz CT molecular complexity index is 722. The summed E-state index contributed by atoms with van der Waals surface area (Å²) in [5.41, 5.74) is 2.34. The Hall–Kier alpha value is -2.69. The monoisotopic (exact) mass is 253 g/mol. The van der Waals surface area contributed by atoms with Gasteiger partial charge in [0.25, 0.3) is 5.89 Å². The van der Waals surface area contributed by atoms with Crippen molar-refractivity contribution in [3.8, 4) is 28.7 Å². The molecule has 0 spiro atoms. The van der Waals surface area contributed by atoms with Crippen LogP contribution in [0.4, 0.5) is 0 Å². The molecule has 1 N–H and O–H groups in total. The highest BCUT2D eigenvalue weighted by Crippen LogP contribution is 2.24. The van der Waals surface area contributed by atoms with Gasteiger partial charge in [-0.1, -0.05) is 17.3 Å². The molecule has 0 fully saturated rings. The predicted octanol–water partition coefficient (Wildman–Crippen LogP) is 2.81. The Balaban J connectivity index is 2.03. The SMILES string of the molecule is Cc1cccnc1-c1noc(-c2cccc(O)c2)n1. The van der Waals surface area contributed by atoms with Gasteiger partial charge in [-0.15, -0.1) is 0 Å². The van der Waals surface area contributed by atoms with Gasteiger partial charge < -0.3 is 9.63 Å². The molecule has 3 rings (SSSR count). The minimum absolute atomic E-state index is 0.159. The summed E-state index contributed by atoms with van der Waals surface area (Å²) in [4.78, 5) is 8.54. The molecule has 0 radical (unpaired) electrons. The Morgan fingerprint density at radius 1 is 1.16 bits per heavy atom. The van der Waals surface area contributed by atoms with Crippen LogP contribution in [0.15, 0.2) is 47.1 Å². The molecule has 2 heterocycles. The first-order valence-electron chi connectivity index (χ1n) is 5.79. The molecule has 2 aromatic heterocycles. The van der Waals surface area contributed by atoms with Gasteiger partial charge in [-0.25, -0.2) is 0 Å². The van der Waals surface area contributed by atoms with Gasteiger partial charge in [-0.2, -0.15) is 4.98 Å². The summed E-state index contributed by atoms with van der Waals surface area (Å²) in [6.07, 6.45) is 1.69. The highest BCUT2D eigenvalue weighted by Gasteiger charge is 2.13. The summed E-state index contributed by atoms with van der Waals surface area (Å²) in [7, 11) is 0. The standard InChI is InChI=1S/C14H11N3O2/c1-9-4-3-7-15-12(9)13-16-14(19-17-13)10-5-2-6-11(18)8-10/h2-8,18H,1H3. The normalized spacial score (nSPS) is 10.6. The Morgan fingerprint density at radius 3 is 2.84 bits per heavy atom. The lowest BCUT2D eigenvalue weighted by Gasteiger charge is -1.97. The summed E-state index contributed by atoms with van der Waals surface area (Å²) < 4.78 is 5.20. The van der Waals surface area contributed by atoms with Crippen molar-refractivity contribution in [1.82, 2.24) is 15.1 Å². The van der Waals surface area contributed by atoms with Gasteiger partial charge in [0, 0.05) is 11.8 Å². The number of nitrogens with zero attached hydrogens (tertiary/aromatic N) is 3. The van der Waals surface area contributed by atoms with Crippen LogP contribution in [0.5, 0.6) is 5.75 Å². The Kier molecular flexibility index (Phi) is 2.72. The third-order valence-corrected chi connectivity index (χ3v) is 2.74. The van der Waals surface area contributed by atoms with Crippen LogP contribution < -0.4 is 0 Å². The van der Waals surface area contributed by atoms with E-state index in [1.54, 1.807) is 30.5 Å². The largest absolute Gasteiger partial charge is 0.508 e. The van der Waals surface area contributed by atoms with E-state index in [2.05, 4.69) is 15.1 Å². The van der Waals surface area contributed by atoms with Crippen LogP contribution in [0.2, 0.25) is 0 Å². The molecular weight excluding hydrogens is 242 g/mol. The van der Waals surface area contributed by atoms with Crippen LogP contribution in [0, 0.1) is 6.92 Å². The van der Waals surface area contributed by atoms with Crippen LogP contribution in [0.1, 0.15) is 5.56 Å². The van der Waals surface area contributed by atoms with Crippen LogP contribution in [-0.4, -0.2) is 20.2 Å². The summed E-state index contributed by atoms with van der Waals surface area (Å²) in [5.74, 6) is 0.957. The van der Waals surface area contributed by atoms with Gasteiger partial charge in [0.15, 0.2) is 0 Å². The van der Waals surface area contributed by atoms with Gasteiger partial charge >= 0.3 is 0 Å². The molecule has 5 heteroatoms. The summed E-state index contributed by atoms with van der Waals surface area (Å²) in [6, 6.07) is 10.5. The maximum Gasteiger partial charge on any atom is 0.258 e. The maximum atomic E-state index is 9.44. The first-order chi connectivity index (χ1) is 9.24. The molecule has 0 atom stereocenters. The molecule has 0 aliphatic rings. The number of phenols is 1. The first-order valence-corrected chi connectivity index (χ1v) is 5.79. The molecule has 0 aliphatic heterocycles. The zero-order valence-corrected chi connectivity index (χ0v) is 10.2. The third kappa shape index (κ3) is 2.18. The van der Waals surface area contributed by atoms with Crippen LogP contribution in [0.25, 0.3) is 23.0 Å². The highest BCUT2D eigenvalue weighted by atomic mass is 16.5. The number of benzene rings is 1. The molecule has 0 saturated heterocycles. The lowest BCUT2D eigenvalue weighted by Crippen LogP contribution is -1.89. The fourth-order valence-corrected chi connectivity index (χ4v) is 1.80. The average Bonchev–Trinajstić information content (AvgIpc) is 2.89. The van der Waals surface area contributed by atoms with Crippen LogP contribution in [0.3, 0.4) is 0 Å². The number of pyridine rings is 1. The zero-order chi connectivity index (χ0) is 13.2.